The molecule has 0 saturated carbocycles. The van der Waals surface area contributed by atoms with Crippen molar-refractivity contribution in [3.8, 4) is 5.75 Å². The van der Waals surface area contributed by atoms with E-state index in [-0.39, 0.29) is 6.04 Å². The van der Waals surface area contributed by atoms with Gasteiger partial charge in [0.25, 0.3) is 0 Å². The molecule has 2 fully saturated rings. The van der Waals surface area contributed by atoms with Crippen LogP contribution >= 0.6 is 0 Å². The van der Waals surface area contributed by atoms with E-state index in [1.165, 1.54) is 5.56 Å². The second-order valence-corrected chi connectivity index (χ2v) is 8.59. The summed E-state index contributed by atoms with van der Waals surface area (Å²) in [6.07, 6.45) is 0. The van der Waals surface area contributed by atoms with Crippen LogP contribution in [-0.2, 0) is 4.74 Å². The van der Waals surface area contributed by atoms with E-state index in [2.05, 4.69) is 56.3 Å². The summed E-state index contributed by atoms with van der Waals surface area (Å²) in [4.78, 5) is 12.0. The SMILES string of the molecule is CCN1CCN(C(C)CNC(=NC)NCC(c2ccc(OC)cc2)N2CCOCC2)CC1. The first kappa shape index (κ1) is 24.8. The summed E-state index contributed by atoms with van der Waals surface area (Å²) in [7, 11) is 3.55. The standard InChI is InChI=1S/C24H42N6O2/c1-5-28-10-12-29(13-11-28)20(2)18-26-24(25-3)27-19-23(30-14-16-32-17-15-30)21-6-8-22(31-4)9-7-21/h6-9,20,23H,5,10-19H2,1-4H3,(H2,25,26,27). The monoisotopic (exact) mass is 446 g/mol. The molecule has 2 N–H and O–H groups in total. The molecule has 2 aliphatic heterocycles. The molecule has 0 aliphatic carbocycles. The van der Waals surface area contributed by atoms with Gasteiger partial charge in [-0.3, -0.25) is 14.8 Å². The third-order valence-corrected chi connectivity index (χ3v) is 6.72. The summed E-state index contributed by atoms with van der Waals surface area (Å²) in [6, 6.07) is 9.13. The van der Waals surface area contributed by atoms with E-state index >= 15 is 0 Å². The average molecular weight is 447 g/mol. The third-order valence-electron chi connectivity index (χ3n) is 6.72. The minimum atomic E-state index is 0.253. The number of piperazine rings is 1. The van der Waals surface area contributed by atoms with Crippen molar-refractivity contribution in [1.82, 2.24) is 25.3 Å². The minimum Gasteiger partial charge on any atom is -0.497 e. The Hall–Kier alpha value is -1.87. The summed E-state index contributed by atoms with van der Waals surface area (Å²) in [6.45, 7) is 15.4. The van der Waals surface area contributed by atoms with E-state index < -0.39 is 0 Å². The molecule has 0 spiro atoms. The molecule has 1 aromatic carbocycles. The fourth-order valence-electron chi connectivity index (χ4n) is 4.48. The molecule has 8 heteroatoms. The largest absolute Gasteiger partial charge is 0.497 e. The summed E-state index contributed by atoms with van der Waals surface area (Å²) < 4.78 is 10.9. The number of likely N-dealkylation sites (N-methyl/N-ethyl adjacent to an activating group) is 1. The van der Waals surface area contributed by atoms with E-state index in [1.807, 2.05) is 19.2 Å². The van der Waals surface area contributed by atoms with Crippen molar-refractivity contribution < 1.29 is 9.47 Å². The van der Waals surface area contributed by atoms with Gasteiger partial charge in [0.05, 0.1) is 26.4 Å². The van der Waals surface area contributed by atoms with Crippen molar-refractivity contribution in [3.63, 3.8) is 0 Å². The Bertz CT molecular complexity index is 684. The molecule has 1 aromatic rings. The number of ether oxygens (including phenoxy) is 2. The van der Waals surface area contributed by atoms with Gasteiger partial charge in [0.1, 0.15) is 5.75 Å². The first-order valence-corrected chi connectivity index (χ1v) is 12.0. The zero-order valence-corrected chi connectivity index (χ0v) is 20.3. The Labute approximate surface area is 193 Å². The van der Waals surface area contributed by atoms with Gasteiger partial charge in [-0.15, -0.1) is 0 Å². The fraction of sp³-hybridized carbons (Fsp3) is 0.708. The molecule has 0 radical (unpaired) electrons. The fourth-order valence-corrected chi connectivity index (χ4v) is 4.48. The van der Waals surface area contributed by atoms with Crippen LogP contribution in [0.3, 0.4) is 0 Å². The van der Waals surface area contributed by atoms with Gasteiger partial charge in [-0.25, -0.2) is 0 Å². The number of hydrogen-bond acceptors (Lipinski definition) is 6. The van der Waals surface area contributed by atoms with E-state index in [9.17, 15) is 0 Å². The van der Waals surface area contributed by atoms with Crippen LogP contribution in [0.4, 0.5) is 0 Å². The third kappa shape index (κ3) is 7.07. The topological polar surface area (TPSA) is 64.6 Å². The number of aliphatic imine (C=N–C) groups is 1. The van der Waals surface area contributed by atoms with Crippen molar-refractivity contribution in [3.05, 3.63) is 29.8 Å². The zero-order chi connectivity index (χ0) is 22.8. The number of morpholine rings is 1. The van der Waals surface area contributed by atoms with Crippen molar-refractivity contribution in [2.24, 2.45) is 4.99 Å². The molecule has 2 unspecified atom stereocenters. The molecule has 8 nitrogen and oxygen atoms in total. The number of nitrogens with one attached hydrogen (secondary N) is 2. The first-order valence-electron chi connectivity index (χ1n) is 12.0. The Morgan fingerprint density at radius 2 is 1.66 bits per heavy atom. The Morgan fingerprint density at radius 3 is 2.25 bits per heavy atom. The Kier molecular flexibility index (Phi) is 10.1. The van der Waals surface area contributed by atoms with Crippen molar-refractivity contribution >= 4 is 5.96 Å². The summed E-state index contributed by atoms with van der Waals surface area (Å²) in [5, 5.41) is 7.11. The van der Waals surface area contributed by atoms with Crippen molar-refractivity contribution in [2.45, 2.75) is 25.9 Å². The molecule has 0 aromatic heterocycles. The Morgan fingerprint density at radius 1 is 1.00 bits per heavy atom. The lowest BCUT2D eigenvalue weighted by Gasteiger charge is -2.38. The highest BCUT2D eigenvalue weighted by Gasteiger charge is 2.24. The molecule has 2 saturated heterocycles. The van der Waals surface area contributed by atoms with Crippen LogP contribution in [0.25, 0.3) is 0 Å². The van der Waals surface area contributed by atoms with Crippen LogP contribution in [0.5, 0.6) is 5.75 Å². The second kappa shape index (κ2) is 13.0. The number of hydrogen-bond donors (Lipinski definition) is 2. The number of nitrogens with zero attached hydrogens (tertiary/aromatic N) is 4. The average Bonchev–Trinajstić information content (AvgIpc) is 2.86. The lowest BCUT2D eigenvalue weighted by molar-refractivity contribution is 0.0170. The predicted molar refractivity (Wildman–Crippen MR) is 131 cm³/mol. The van der Waals surface area contributed by atoms with E-state index in [4.69, 9.17) is 9.47 Å². The lowest BCUT2D eigenvalue weighted by Crippen LogP contribution is -2.53. The maximum absolute atomic E-state index is 5.58. The van der Waals surface area contributed by atoms with E-state index in [0.717, 1.165) is 83.8 Å². The van der Waals surface area contributed by atoms with Crippen molar-refractivity contribution in [1.29, 1.82) is 0 Å². The maximum atomic E-state index is 5.58. The zero-order valence-electron chi connectivity index (χ0n) is 20.3. The van der Waals surface area contributed by atoms with Crippen molar-refractivity contribution in [2.75, 3.05) is 86.3 Å². The van der Waals surface area contributed by atoms with Gasteiger partial charge in [-0.05, 0) is 31.2 Å². The highest BCUT2D eigenvalue weighted by atomic mass is 16.5. The number of methoxy groups -OCH3 is 1. The van der Waals surface area contributed by atoms with Crippen LogP contribution in [0.15, 0.2) is 29.3 Å². The number of rotatable bonds is 9. The quantitative estimate of drug-likeness (QED) is 0.437. The molecule has 2 heterocycles. The van der Waals surface area contributed by atoms with Gasteiger partial charge in [-0.1, -0.05) is 19.1 Å². The minimum absolute atomic E-state index is 0.253. The molecule has 0 amide bonds. The van der Waals surface area contributed by atoms with Crippen LogP contribution < -0.4 is 15.4 Å². The highest BCUT2D eigenvalue weighted by Crippen LogP contribution is 2.23. The molecule has 2 atom stereocenters. The molecule has 0 bridgehead atoms. The summed E-state index contributed by atoms with van der Waals surface area (Å²) >= 11 is 0. The molecular formula is C24H42N6O2. The van der Waals surface area contributed by atoms with E-state index in [0.29, 0.717) is 6.04 Å². The number of guanidine groups is 1. The summed E-state index contributed by atoms with van der Waals surface area (Å²) in [5.41, 5.74) is 1.28. The van der Waals surface area contributed by atoms with Gasteiger partial charge in [-0.2, -0.15) is 0 Å². The normalized spacial score (nSPS) is 21.2. The molecular weight excluding hydrogens is 404 g/mol. The summed E-state index contributed by atoms with van der Waals surface area (Å²) in [5.74, 6) is 1.74. The van der Waals surface area contributed by atoms with Gasteiger partial charge in [0.2, 0.25) is 0 Å². The smallest absolute Gasteiger partial charge is 0.191 e. The van der Waals surface area contributed by atoms with Crippen LogP contribution in [0, 0.1) is 0 Å². The Balaban J connectivity index is 1.53. The first-order chi connectivity index (χ1) is 15.6. The molecule has 32 heavy (non-hydrogen) atoms. The lowest BCUT2D eigenvalue weighted by atomic mass is 10.0. The van der Waals surface area contributed by atoms with Gasteiger partial charge < -0.3 is 25.0 Å². The molecule has 3 rings (SSSR count). The van der Waals surface area contributed by atoms with E-state index in [1.54, 1.807) is 7.11 Å². The van der Waals surface area contributed by atoms with Crippen LogP contribution in [-0.4, -0.2) is 113 Å². The predicted octanol–water partition coefficient (Wildman–Crippen LogP) is 1.26. The van der Waals surface area contributed by atoms with Crippen LogP contribution in [0.1, 0.15) is 25.5 Å². The molecule has 180 valence electrons. The van der Waals surface area contributed by atoms with Gasteiger partial charge in [0.15, 0.2) is 5.96 Å². The van der Waals surface area contributed by atoms with Gasteiger partial charge >= 0.3 is 0 Å². The molecule has 2 aliphatic rings. The van der Waals surface area contributed by atoms with Crippen LogP contribution in [0.2, 0.25) is 0 Å². The highest BCUT2D eigenvalue weighted by molar-refractivity contribution is 5.79. The number of benzene rings is 1. The second-order valence-electron chi connectivity index (χ2n) is 8.59. The van der Waals surface area contributed by atoms with Gasteiger partial charge in [0, 0.05) is 65.4 Å². The maximum Gasteiger partial charge on any atom is 0.191 e.